The number of hydrogen-bond donors (Lipinski definition) is 1. The number of aromatic nitrogens is 2. The molecule has 23 heavy (non-hydrogen) atoms. The summed E-state index contributed by atoms with van der Waals surface area (Å²) in [6.45, 7) is 2.04. The third-order valence-electron chi connectivity index (χ3n) is 3.36. The van der Waals surface area contributed by atoms with Crippen molar-refractivity contribution in [3.8, 4) is 17.5 Å². The number of rotatable bonds is 4. The van der Waals surface area contributed by atoms with Gasteiger partial charge in [0.05, 0.1) is 18.2 Å². The van der Waals surface area contributed by atoms with Crippen LogP contribution in [0.1, 0.15) is 17.0 Å². The Kier molecular flexibility index (Phi) is 4.02. The standard InChI is InChI=1S/C17H13FN4O/c1-11-2-5-13(8-15(11)18)17-21-16(23-22-17)10-20-14-6-3-12(9-19)4-7-14/h2-8,20H,10H2,1H3. The van der Waals surface area contributed by atoms with E-state index < -0.39 is 0 Å². The van der Waals surface area contributed by atoms with E-state index in [1.807, 2.05) is 0 Å². The van der Waals surface area contributed by atoms with E-state index in [0.717, 1.165) is 5.69 Å². The van der Waals surface area contributed by atoms with Gasteiger partial charge in [0.2, 0.25) is 11.7 Å². The monoisotopic (exact) mass is 308 g/mol. The lowest BCUT2D eigenvalue weighted by molar-refractivity contribution is 0.384. The Labute approximate surface area is 132 Å². The quantitative estimate of drug-likeness (QED) is 0.796. The SMILES string of the molecule is Cc1ccc(-c2noc(CNc3ccc(C#N)cc3)n2)cc1F. The van der Waals surface area contributed by atoms with Crippen molar-refractivity contribution in [2.24, 2.45) is 0 Å². The minimum atomic E-state index is -0.301. The molecule has 0 bridgehead atoms. The van der Waals surface area contributed by atoms with E-state index >= 15 is 0 Å². The molecular weight excluding hydrogens is 295 g/mol. The van der Waals surface area contributed by atoms with Gasteiger partial charge in [0, 0.05) is 11.3 Å². The highest BCUT2D eigenvalue weighted by Gasteiger charge is 2.10. The highest BCUT2D eigenvalue weighted by molar-refractivity contribution is 5.55. The van der Waals surface area contributed by atoms with Gasteiger partial charge < -0.3 is 9.84 Å². The Bertz CT molecular complexity index is 865. The van der Waals surface area contributed by atoms with Gasteiger partial charge in [0.1, 0.15) is 5.82 Å². The molecule has 114 valence electrons. The Morgan fingerprint density at radius 3 is 2.70 bits per heavy atom. The molecule has 0 saturated heterocycles. The topological polar surface area (TPSA) is 74.7 Å². The van der Waals surface area contributed by atoms with E-state index in [2.05, 4.69) is 21.5 Å². The molecule has 0 unspecified atom stereocenters. The van der Waals surface area contributed by atoms with Gasteiger partial charge in [-0.2, -0.15) is 10.2 Å². The number of halogens is 1. The van der Waals surface area contributed by atoms with Crippen LogP contribution in [0.5, 0.6) is 0 Å². The average Bonchev–Trinajstić information content (AvgIpc) is 3.05. The number of nitriles is 1. The summed E-state index contributed by atoms with van der Waals surface area (Å²) in [5.41, 5.74) is 2.57. The van der Waals surface area contributed by atoms with Gasteiger partial charge in [0.25, 0.3) is 0 Å². The first-order chi connectivity index (χ1) is 11.2. The zero-order valence-electron chi connectivity index (χ0n) is 12.4. The summed E-state index contributed by atoms with van der Waals surface area (Å²) in [6, 6.07) is 13.9. The van der Waals surface area contributed by atoms with Gasteiger partial charge in [-0.05, 0) is 42.8 Å². The van der Waals surface area contributed by atoms with Crippen LogP contribution in [-0.4, -0.2) is 10.1 Å². The zero-order chi connectivity index (χ0) is 16.2. The highest BCUT2D eigenvalue weighted by Crippen LogP contribution is 2.19. The molecule has 3 aromatic rings. The first kappa shape index (κ1) is 14.7. The maximum absolute atomic E-state index is 13.6. The average molecular weight is 308 g/mol. The molecule has 5 nitrogen and oxygen atoms in total. The van der Waals surface area contributed by atoms with Crippen molar-refractivity contribution in [2.45, 2.75) is 13.5 Å². The molecule has 0 atom stereocenters. The van der Waals surface area contributed by atoms with E-state index in [-0.39, 0.29) is 5.82 Å². The minimum absolute atomic E-state index is 0.301. The predicted octanol–water partition coefficient (Wildman–Crippen LogP) is 3.67. The maximum atomic E-state index is 13.6. The molecule has 0 fully saturated rings. The van der Waals surface area contributed by atoms with Crippen molar-refractivity contribution in [1.82, 2.24) is 10.1 Å². The third-order valence-corrected chi connectivity index (χ3v) is 3.36. The van der Waals surface area contributed by atoms with Crippen LogP contribution < -0.4 is 5.32 Å². The lowest BCUT2D eigenvalue weighted by Crippen LogP contribution is -1.99. The Morgan fingerprint density at radius 2 is 2.00 bits per heavy atom. The number of aryl methyl sites for hydroxylation is 1. The molecule has 0 amide bonds. The molecule has 1 aromatic heterocycles. The van der Waals surface area contributed by atoms with E-state index in [0.29, 0.717) is 35.0 Å². The molecule has 0 radical (unpaired) electrons. The van der Waals surface area contributed by atoms with Crippen LogP contribution >= 0.6 is 0 Å². The Balaban J connectivity index is 1.69. The van der Waals surface area contributed by atoms with Crippen molar-refractivity contribution in [2.75, 3.05) is 5.32 Å². The fraction of sp³-hybridized carbons (Fsp3) is 0.118. The summed E-state index contributed by atoms with van der Waals surface area (Å²) in [5.74, 6) is 0.440. The van der Waals surface area contributed by atoms with Crippen molar-refractivity contribution >= 4 is 5.69 Å². The van der Waals surface area contributed by atoms with Crippen LogP contribution in [-0.2, 0) is 6.54 Å². The first-order valence-electron chi connectivity index (χ1n) is 6.99. The first-order valence-corrected chi connectivity index (χ1v) is 6.99. The van der Waals surface area contributed by atoms with Crippen molar-refractivity contribution in [3.63, 3.8) is 0 Å². The number of anilines is 1. The number of nitrogens with one attached hydrogen (secondary N) is 1. The number of benzene rings is 2. The Morgan fingerprint density at radius 1 is 1.22 bits per heavy atom. The molecule has 0 aliphatic carbocycles. The lowest BCUT2D eigenvalue weighted by atomic mass is 10.1. The van der Waals surface area contributed by atoms with Crippen LogP contribution in [0.25, 0.3) is 11.4 Å². The van der Waals surface area contributed by atoms with E-state index in [1.165, 1.54) is 6.07 Å². The van der Waals surface area contributed by atoms with Crippen molar-refractivity contribution in [3.05, 3.63) is 65.3 Å². The van der Waals surface area contributed by atoms with Crippen LogP contribution in [0, 0.1) is 24.1 Å². The fourth-order valence-electron chi connectivity index (χ4n) is 2.02. The van der Waals surface area contributed by atoms with Gasteiger partial charge in [-0.25, -0.2) is 4.39 Å². The summed E-state index contributed by atoms with van der Waals surface area (Å²) in [7, 11) is 0. The van der Waals surface area contributed by atoms with Crippen LogP contribution in [0.4, 0.5) is 10.1 Å². The molecule has 0 aliphatic heterocycles. The van der Waals surface area contributed by atoms with Gasteiger partial charge in [-0.15, -0.1) is 0 Å². The molecule has 1 heterocycles. The molecule has 2 aromatic carbocycles. The summed E-state index contributed by atoms with van der Waals surface area (Å²) in [6.07, 6.45) is 0. The third kappa shape index (κ3) is 3.35. The molecule has 6 heteroatoms. The van der Waals surface area contributed by atoms with Gasteiger partial charge in [0.15, 0.2) is 0 Å². The summed E-state index contributed by atoms with van der Waals surface area (Å²) >= 11 is 0. The molecule has 0 spiro atoms. The van der Waals surface area contributed by atoms with Crippen LogP contribution in [0.2, 0.25) is 0 Å². The fourth-order valence-corrected chi connectivity index (χ4v) is 2.02. The molecule has 0 aliphatic rings. The van der Waals surface area contributed by atoms with E-state index in [1.54, 1.807) is 43.3 Å². The van der Waals surface area contributed by atoms with Crippen molar-refractivity contribution < 1.29 is 8.91 Å². The van der Waals surface area contributed by atoms with Crippen molar-refractivity contribution in [1.29, 1.82) is 5.26 Å². The smallest absolute Gasteiger partial charge is 0.246 e. The van der Waals surface area contributed by atoms with Gasteiger partial charge in [-0.3, -0.25) is 0 Å². The second-order valence-corrected chi connectivity index (χ2v) is 5.02. The molecule has 1 N–H and O–H groups in total. The highest BCUT2D eigenvalue weighted by atomic mass is 19.1. The summed E-state index contributed by atoms with van der Waals surface area (Å²) in [5, 5.41) is 15.7. The van der Waals surface area contributed by atoms with Gasteiger partial charge >= 0.3 is 0 Å². The lowest BCUT2D eigenvalue weighted by Gasteiger charge is -2.02. The zero-order valence-corrected chi connectivity index (χ0v) is 12.4. The van der Waals surface area contributed by atoms with E-state index in [4.69, 9.17) is 9.78 Å². The second kappa shape index (κ2) is 6.28. The largest absolute Gasteiger partial charge is 0.376 e. The van der Waals surface area contributed by atoms with Gasteiger partial charge in [-0.1, -0.05) is 17.3 Å². The summed E-state index contributed by atoms with van der Waals surface area (Å²) in [4.78, 5) is 4.24. The Hall–Kier alpha value is -3.20. The number of nitrogens with zero attached hydrogens (tertiary/aromatic N) is 3. The number of hydrogen-bond acceptors (Lipinski definition) is 5. The molecule has 0 saturated carbocycles. The maximum Gasteiger partial charge on any atom is 0.246 e. The summed E-state index contributed by atoms with van der Waals surface area (Å²) < 4.78 is 18.7. The molecular formula is C17H13FN4O. The molecule has 3 rings (SSSR count). The minimum Gasteiger partial charge on any atom is -0.376 e. The van der Waals surface area contributed by atoms with E-state index in [9.17, 15) is 4.39 Å². The normalized spacial score (nSPS) is 10.3. The second-order valence-electron chi connectivity index (χ2n) is 5.02. The van der Waals surface area contributed by atoms with Crippen LogP contribution in [0.15, 0.2) is 47.0 Å². The van der Waals surface area contributed by atoms with Crippen LogP contribution in [0.3, 0.4) is 0 Å². The predicted molar refractivity (Wildman–Crippen MR) is 82.9 cm³/mol.